The predicted molar refractivity (Wildman–Crippen MR) is 141 cm³/mol. The number of rotatable bonds is 15. The second-order valence-electron chi connectivity index (χ2n) is 10.8. The van der Waals surface area contributed by atoms with Crippen molar-refractivity contribution in [2.45, 2.75) is 117 Å². The highest BCUT2D eigenvalue weighted by atomic mass is 28.5. The van der Waals surface area contributed by atoms with Gasteiger partial charge in [0.1, 0.15) is 0 Å². The molecule has 0 aromatic carbocycles. The summed E-state index contributed by atoms with van der Waals surface area (Å²) < 4.78 is 33.0. The quantitative estimate of drug-likeness (QED) is 0.181. The molecular weight excluding hydrogens is 465 g/mol. The van der Waals surface area contributed by atoms with Gasteiger partial charge in [0.2, 0.25) is 0 Å². The first-order valence-electron chi connectivity index (χ1n) is 11.3. The van der Waals surface area contributed by atoms with E-state index >= 15 is 0 Å². The van der Waals surface area contributed by atoms with Gasteiger partial charge in [-0.05, 0) is 84.1 Å². The van der Waals surface area contributed by atoms with E-state index in [4.69, 9.17) is 20.6 Å². The molecule has 0 saturated carbocycles. The molecule has 0 heterocycles. The molecule has 29 heavy (non-hydrogen) atoms. The highest BCUT2D eigenvalue weighted by molar-refractivity contribution is 6.89. The lowest BCUT2D eigenvalue weighted by atomic mass is 10.3. The fourth-order valence-corrected chi connectivity index (χ4v) is 29.8. The van der Waals surface area contributed by atoms with Gasteiger partial charge >= 0.3 is 35.0 Å². The van der Waals surface area contributed by atoms with Crippen LogP contribution in [0.4, 0.5) is 0 Å². The zero-order chi connectivity index (χ0) is 23.1. The lowest BCUT2D eigenvalue weighted by Gasteiger charge is -2.42. The Morgan fingerprint density at radius 3 is 1.55 bits per heavy atom. The minimum atomic E-state index is -2.37. The molecule has 0 bridgehead atoms. The van der Waals surface area contributed by atoms with Gasteiger partial charge in [0.05, 0.1) is 0 Å². The smallest absolute Gasteiger partial charge is 0.316 e. The second-order valence-corrected chi connectivity index (χ2v) is 33.3. The van der Waals surface area contributed by atoms with Crippen molar-refractivity contribution in [3.05, 3.63) is 0 Å². The molecule has 0 aromatic rings. The Balaban J connectivity index is 5.26. The fourth-order valence-electron chi connectivity index (χ4n) is 3.64. The molecule has 0 N–H and O–H groups in total. The molecule has 0 spiro atoms. The van der Waals surface area contributed by atoms with Crippen molar-refractivity contribution in [2.75, 3.05) is 0 Å². The fraction of sp³-hybridized carbons (Fsp3) is 1.00. The Morgan fingerprint density at radius 2 is 1.14 bits per heavy atom. The lowest BCUT2D eigenvalue weighted by Crippen LogP contribution is -2.58. The van der Waals surface area contributed by atoms with E-state index in [9.17, 15) is 0 Å². The van der Waals surface area contributed by atoms with Gasteiger partial charge in [-0.25, -0.2) is 0 Å². The third-order valence-corrected chi connectivity index (χ3v) is 25.8. The molecule has 5 nitrogen and oxygen atoms in total. The molecule has 3 atom stereocenters. The van der Waals surface area contributed by atoms with Gasteiger partial charge in [0, 0.05) is 0 Å². The van der Waals surface area contributed by atoms with Gasteiger partial charge in [-0.2, -0.15) is 0 Å². The molecule has 0 rings (SSSR count). The van der Waals surface area contributed by atoms with Crippen LogP contribution in [0.3, 0.4) is 0 Å². The van der Waals surface area contributed by atoms with Crippen molar-refractivity contribution in [1.29, 1.82) is 0 Å². The monoisotopic (exact) mass is 514 g/mol. The first kappa shape index (κ1) is 30.1. The van der Waals surface area contributed by atoms with Crippen molar-refractivity contribution in [3.8, 4) is 0 Å². The van der Waals surface area contributed by atoms with Crippen molar-refractivity contribution in [3.63, 3.8) is 0 Å². The summed E-state index contributed by atoms with van der Waals surface area (Å²) in [4.78, 5) is 0. The largest absolute Gasteiger partial charge is 0.437 e. The topological polar surface area (TPSA) is 46.2 Å². The minimum Gasteiger partial charge on any atom is -0.437 e. The zero-order valence-electron chi connectivity index (χ0n) is 21.7. The highest BCUT2D eigenvalue weighted by Gasteiger charge is 2.45. The van der Waals surface area contributed by atoms with E-state index in [-0.39, 0.29) is 0 Å². The number of hydrogen-bond donors (Lipinski definition) is 0. The van der Waals surface area contributed by atoms with Crippen LogP contribution < -0.4 is 0 Å². The van der Waals surface area contributed by atoms with E-state index in [1.54, 1.807) is 0 Å². The maximum absolute atomic E-state index is 6.89. The van der Waals surface area contributed by atoms with Crippen LogP contribution in [-0.2, 0) is 20.6 Å². The van der Waals surface area contributed by atoms with E-state index in [1.807, 2.05) is 0 Å². The molecule has 11 heteroatoms. The molecule has 0 fully saturated rings. The first-order chi connectivity index (χ1) is 12.8. The summed E-state index contributed by atoms with van der Waals surface area (Å²) in [6, 6.07) is 1.96. The highest BCUT2D eigenvalue weighted by Crippen LogP contribution is 2.29. The predicted octanol–water partition coefficient (Wildman–Crippen LogP) is 6.65. The molecule has 0 radical (unpaired) electrons. The number of hydrogen-bond acceptors (Lipinski definition) is 5. The molecule has 176 valence electrons. The summed E-state index contributed by atoms with van der Waals surface area (Å²) in [6.45, 7) is 28.7. The summed E-state index contributed by atoms with van der Waals surface area (Å²) >= 11 is 0. The van der Waals surface area contributed by atoms with Crippen molar-refractivity contribution < 1.29 is 20.6 Å². The Morgan fingerprint density at radius 1 is 0.621 bits per heavy atom. The van der Waals surface area contributed by atoms with E-state index in [0.29, 0.717) is 0 Å². The Bertz CT molecular complexity index is 482. The van der Waals surface area contributed by atoms with Crippen LogP contribution in [0, 0.1) is 0 Å². The maximum Gasteiger partial charge on any atom is 0.316 e. The normalized spacial score (nSPS) is 18.9. The summed E-state index contributed by atoms with van der Waals surface area (Å²) in [7, 11) is -12.0. The molecule has 0 aliphatic rings. The number of unbranched alkanes of at least 4 members (excludes halogenated alkanes) is 2. The van der Waals surface area contributed by atoms with Crippen LogP contribution in [0.25, 0.3) is 0 Å². The van der Waals surface area contributed by atoms with Gasteiger partial charge in [-0.15, -0.1) is 0 Å². The Hall–Kier alpha value is 1.10. The molecule has 0 aliphatic heterocycles. The van der Waals surface area contributed by atoms with Crippen molar-refractivity contribution in [2.24, 2.45) is 0 Å². The van der Waals surface area contributed by atoms with Gasteiger partial charge in [0.25, 0.3) is 0 Å². The van der Waals surface area contributed by atoms with Gasteiger partial charge in [0.15, 0.2) is 16.6 Å². The zero-order valence-corrected chi connectivity index (χ0v) is 27.8. The molecule has 0 aromatic heterocycles. The third kappa shape index (κ3) is 14.7. The molecule has 3 unspecified atom stereocenters. The Kier molecular flexibility index (Phi) is 12.3. The van der Waals surface area contributed by atoms with Crippen molar-refractivity contribution >= 4 is 51.6 Å². The van der Waals surface area contributed by atoms with Crippen molar-refractivity contribution in [1.82, 2.24) is 0 Å². The molecule has 0 aliphatic carbocycles. The van der Waals surface area contributed by atoms with Crippen LogP contribution in [-0.4, -0.2) is 51.6 Å². The van der Waals surface area contributed by atoms with Gasteiger partial charge in [-0.1, -0.05) is 33.1 Å². The Labute approximate surface area is 189 Å². The average molecular weight is 515 g/mol. The average Bonchev–Trinajstić information content (AvgIpc) is 2.41. The van der Waals surface area contributed by atoms with E-state index in [0.717, 1.165) is 12.1 Å². The maximum atomic E-state index is 6.89. The summed E-state index contributed by atoms with van der Waals surface area (Å²) in [6.07, 6.45) is 3.62. The van der Waals surface area contributed by atoms with E-state index < -0.39 is 51.6 Å². The van der Waals surface area contributed by atoms with Gasteiger partial charge < -0.3 is 20.6 Å². The third-order valence-electron chi connectivity index (χ3n) is 4.25. The SMILES string of the molecule is CCCCC[Si](C)(O[Si](C)(C)C)O[Si](C)(CC)O[SiH](C)O[Si](C)(C)O[Si](C)(C)C. The van der Waals surface area contributed by atoms with E-state index in [1.165, 1.54) is 19.3 Å². The van der Waals surface area contributed by atoms with Crippen LogP contribution in [0.5, 0.6) is 0 Å². The summed E-state index contributed by atoms with van der Waals surface area (Å²) in [5.41, 5.74) is 0. The molecule has 0 saturated heterocycles. The molecular formula is C18H50O5Si6. The van der Waals surface area contributed by atoms with Crippen LogP contribution in [0.15, 0.2) is 0 Å². The first-order valence-corrected chi connectivity index (χ1v) is 28.1. The standard InChI is InChI=1S/C18H50O5Si6/c1-14-16-17-18-29(13,22-26(7,8)9)23-28(12,15-2)20-24(3)19-27(10,11)21-25(4,5)6/h24H,14-18H2,1-13H3. The molecule has 0 amide bonds. The second kappa shape index (κ2) is 11.8. The summed E-state index contributed by atoms with van der Waals surface area (Å²) in [5.74, 6) is 0. The van der Waals surface area contributed by atoms with Crippen LogP contribution in [0.1, 0.15) is 33.1 Å². The van der Waals surface area contributed by atoms with Crippen LogP contribution >= 0.6 is 0 Å². The minimum absolute atomic E-state index is 0.913. The van der Waals surface area contributed by atoms with Gasteiger partial charge in [-0.3, -0.25) is 0 Å². The summed E-state index contributed by atoms with van der Waals surface area (Å²) in [5, 5.41) is 0. The van der Waals surface area contributed by atoms with Crippen LogP contribution in [0.2, 0.25) is 84.1 Å². The lowest BCUT2D eigenvalue weighted by molar-refractivity contribution is 0.288. The van der Waals surface area contributed by atoms with E-state index in [2.05, 4.69) is 85.9 Å².